The van der Waals surface area contributed by atoms with Crippen LogP contribution >= 0.6 is 0 Å². The highest BCUT2D eigenvalue weighted by atomic mass is 16.1. The van der Waals surface area contributed by atoms with Gasteiger partial charge in [0.2, 0.25) is 5.91 Å². The van der Waals surface area contributed by atoms with Crippen LogP contribution in [-0.2, 0) is 4.79 Å². The van der Waals surface area contributed by atoms with Gasteiger partial charge in [0, 0.05) is 13.0 Å². The molecule has 0 aromatic carbocycles. The van der Waals surface area contributed by atoms with Crippen molar-refractivity contribution >= 4 is 11.9 Å². The van der Waals surface area contributed by atoms with Gasteiger partial charge in [-0.25, -0.2) is 0 Å². The van der Waals surface area contributed by atoms with Crippen LogP contribution < -0.4 is 11.1 Å². The second kappa shape index (κ2) is 6.64. The van der Waals surface area contributed by atoms with Gasteiger partial charge < -0.3 is 5.73 Å². The van der Waals surface area contributed by atoms with E-state index in [4.69, 9.17) is 5.73 Å². The number of amides is 1. The van der Waals surface area contributed by atoms with E-state index in [-0.39, 0.29) is 11.9 Å². The lowest BCUT2D eigenvalue weighted by Gasteiger charge is -2.01. The van der Waals surface area contributed by atoms with E-state index < -0.39 is 0 Å². The average Bonchev–Trinajstić information content (AvgIpc) is 2.01. The molecule has 0 heterocycles. The number of nitrogens with one attached hydrogen (secondary N) is 1. The molecule has 0 aliphatic rings. The van der Waals surface area contributed by atoms with Crippen LogP contribution in [0.2, 0.25) is 0 Å². The zero-order chi connectivity index (χ0) is 9.40. The predicted octanol–water partition coefficient (Wildman–Crippen LogP) is 0.627. The summed E-state index contributed by atoms with van der Waals surface area (Å²) in [5.74, 6) is 0.171. The summed E-state index contributed by atoms with van der Waals surface area (Å²) in [7, 11) is 0. The van der Waals surface area contributed by atoms with Crippen molar-refractivity contribution in [3.05, 3.63) is 0 Å². The molecule has 0 aliphatic carbocycles. The third-order valence-electron chi connectivity index (χ3n) is 1.25. The van der Waals surface area contributed by atoms with Crippen LogP contribution in [0.3, 0.4) is 0 Å². The molecule has 12 heavy (non-hydrogen) atoms. The summed E-state index contributed by atoms with van der Waals surface area (Å²) in [6, 6.07) is 0. The topological polar surface area (TPSA) is 67.5 Å². The molecule has 0 unspecified atom stereocenters. The molecule has 0 fully saturated rings. The van der Waals surface area contributed by atoms with E-state index in [1.807, 2.05) is 13.8 Å². The van der Waals surface area contributed by atoms with Crippen molar-refractivity contribution < 1.29 is 4.79 Å². The standard InChI is InChI=1S/C8H17N3O/c1-3-5-7(12)11-8(9)10-6-4-2/h3-6H2,1-2H3,(H3,9,10,11,12). The molecule has 4 heteroatoms. The Balaban J connectivity index is 3.67. The molecule has 70 valence electrons. The lowest BCUT2D eigenvalue weighted by atomic mass is 10.3. The van der Waals surface area contributed by atoms with Gasteiger partial charge in [-0.1, -0.05) is 13.8 Å². The Labute approximate surface area is 73.2 Å². The Morgan fingerprint density at radius 2 is 2.08 bits per heavy atom. The molecule has 0 aromatic rings. The summed E-state index contributed by atoms with van der Waals surface area (Å²) in [5, 5.41) is 2.50. The molecule has 0 atom stereocenters. The minimum atomic E-state index is -0.0603. The number of aliphatic imine (C=N–C) groups is 1. The largest absolute Gasteiger partial charge is 0.370 e. The molecule has 0 rings (SSSR count). The third-order valence-corrected chi connectivity index (χ3v) is 1.25. The van der Waals surface area contributed by atoms with E-state index in [9.17, 15) is 4.79 Å². The SMILES string of the molecule is CCCN=C(N)NC(=O)CCC. The van der Waals surface area contributed by atoms with Gasteiger partial charge in [-0.2, -0.15) is 0 Å². The fourth-order valence-corrected chi connectivity index (χ4v) is 0.704. The Morgan fingerprint density at radius 3 is 2.58 bits per heavy atom. The Bertz CT molecular complexity index is 166. The summed E-state index contributed by atoms with van der Waals surface area (Å²) in [6.07, 6.45) is 2.26. The van der Waals surface area contributed by atoms with Crippen molar-refractivity contribution in [1.29, 1.82) is 0 Å². The first-order chi connectivity index (χ1) is 5.70. The summed E-state index contributed by atoms with van der Waals surface area (Å²) in [5.41, 5.74) is 5.41. The van der Waals surface area contributed by atoms with Gasteiger partial charge in [0.25, 0.3) is 0 Å². The van der Waals surface area contributed by atoms with Crippen molar-refractivity contribution in [1.82, 2.24) is 5.32 Å². The van der Waals surface area contributed by atoms with Crippen LogP contribution in [-0.4, -0.2) is 18.4 Å². The van der Waals surface area contributed by atoms with Crippen LogP contribution in [0.15, 0.2) is 4.99 Å². The number of nitrogens with two attached hydrogens (primary N) is 1. The Kier molecular flexibility index (Phi) is 6.05. The minimum Gasteiger partial charge on any atom is -0.370 e. The monoisotopic (exact) mass is 171 g/mol. The van der Waals surface area contributed by atoms with Gasteiger partial charge in [0.15, 0.2) is 5.96 Å². The molecular formula is C8H17N3O. The Hall–Kier alpha value is -1.06. The predicted molar refractivity (Wildman–Crippen MR) is 49.8 cm³/mol. The normalized spacial score (nSPS) is 11.3. The van der Waals surface area contributed by atoms with Gasteiger partial charge >= 0.3 is 0 Å². The van der Waals surface area contributed by atoms with Gasteiger partial charge in [0.05, 0.1) is 0 Å². The van der Waals surface area contributed by atoms with E-state index >= 15 is 0 Å². The first kappa shape index (κ1) is 10.9. The fraction of sp³-hybridized carbons (Fsp3) is 0.750. The summed E-state index contributed by atoms with van der Waals surface area (Å²) >= 11 is 0. The molecule has 4 nitrogen and oxygen atoms in total. The highest BCUT2D eigenvalue weighted by molar-refractivity contribution is 5.96. The maximum Gasteiger partial charge on any atom is 0.226 e. The van der Waals surface area contributed by atoms with E-state index in [2.05, 4.69) is 10.3 Å². The number of carbonyl (C=O) groups excluding carboxylic acids is 1. The molecule has 0 saturated heterocycles. The highest BCUT2D eigenvalue weighted by Crippen LogP contribution is 1.85. The average molecular weight is 171 g/mol. The van der Waals surface area contributed by atoms with Gasteiger partial charge in [-0.15, -0.1) is 0 Å². The molecule has 0 radical (unpaired) electrons. The zero-order valence-electron chi connectivity index (χ0n) is 7.76. The molecule has 1 amide bonds. The van der Waals surface area contributed by atoms with E-state index in [0.29, 0.717) is 13.0 Å². The molecular weight excluding hydrogens is 154 g/mol. The molecule has 3 N–H and O–H groups in total. The van der Waals surface area contributed by atoms with E-state index in [0.717, 1.165) is 12.8 Å². The van der Waals surface area contributed by atoms with Crippen LogP contribution in [0.4, 0.5) is 0 Å². The van der Waals surface area contributed by atoms with E-state index in [1.54, 1.807) is 0 Å². The maximum atomic E-state index is 10.9. The van der Waals surface area contributed by atoms with Crippen LogP contribution in [0.5, 0.6) is 0 Å². The highest BCUT2D eigenvalue weighted by Gasteiger charge is 1.99. The third kappa shape index (κ3) is 5.70. The molecule has 0 bridgehead atoms. The van der Waals surface area contributed by atoms with Gasteiger partial charge in [-0.05, 0) is 12.8 Å². The molecule has 0 saturated carbocycles. The second-order valence-electron chi connectivity index (χ2n) is 2.57. The summed E-state index contributed by atoms with van der Waals surface area (Å²) in [6.45, 7) is 4.61. The van der Waals surface area contributed by atoms with Crippen molar-refractivity contribution in [2.75, 3.05) is 6.54 Å². The van der Waals surface area contributed by atoms with Crippen LogP contribution in [0.1, 0.15) is 33.1 Å². The quantitative estimate of drug-likeness (QED) is 0.481. The van der Waals surface area contributed by atoms with Crippen molar-refractivity contribution in [3.8, 4) is 0 Å². The Morgan fingerprint density at radius 1 is 1.42 bits per heavy atom. The smallest absolute Gasteiger partial charge is 0.226 e. The number of hydrogen-bond acceptors (Lipinski definition) is 2. The zero-order valence-corrected chi connectivity index (χ0v) is 7.76. The van der Waals surface area contributed by atoms with Gasteiger partial charge in [-0.3, -0.25) is 15.1 Å². The lowest BCUT2D eigenvalue weighted by molar-refractivity contribution is -0.119. The van der Waals surface area contributed by atoms with Crippen molar-refractivity contribution in [2.24, 2.45) is 10.7 Å². The number of carbonyl (C=O) groups is 1. The first-order valence-corrected chi connectivity index (χ1v) is 4.30. The van der Waals surface area contributed by atoms with Crippen molar-refractivity contribution in [3.63, 3.8) is 0 Å². The fourth-order valence-electron chi connectivity index (χ4n) is 0.704. The summed E-state index contributed by atoms with van der Waals surface area (Å²) < 4.78 is 0. The van der Waals surface area contributed by atoms with Crippen LogP contribution in [0.25, 0.3) is 0 Å². The van der Waals surface area contributed by atoms with E-state index in [1.165, 1.54) is 0 Å². The number of guanidine groups is 1. The first-order valence-electron chi connectivity index (χ1n) is 4.30. The van der Waals surface area contributed by atoms with Gasteiger partial charge in [0.1, 0.15) is 0 Å². The molecule has 0 aromatic heterocycles. The maximum absolute atomic E-state index is 10.9. The van der Waals surface area contributed by atoms with Crippen LogP contribution in [0, 0.1) is 0 Å². The summed E-state index contributed by atoms with van der Waals surface area (Å²) in [4.78, 5) is 14.9. The lowest BCUT2D eigenvalue weighted by Crippen LogP contribution is -2.36. The molecule has 0 aliphatic heterocycles. The second-order valence-corrected chi connectivity index (χ2v) is 2.57. The van der Waals surface area contributed by atoms with Crippen molar-refractivity contribution in [2.45, 2.75) is 33.1 Å². The number of rotatable bonds is 4. The number of nitrogens with zero attached hydrogens (tertiary/aromatic N) is 1. The molecule has 0 spiro atoms. The number of hydrogen-bond donors (Lipinski definition) is 2. The minimum absolute atomic E-state index is 0.0603.